The maximum absolute atomic E-state index is 2.22. The highest BCUT2D eigenvalue weighted by Gasteiger charge is 2.18. The average molecular weight is 188 g/mol. The highest BCUT2D eigenvalue weighted by molar-refractivity contribution is 5.71. The molecule has 0 aliphatic carbocycles. The maximum Gasteiger partial charge on any atom is 0.280 e. The molecule has 0 bridgehead atoms. The van der Waals surface area contributed by atoms with Crippen LogP contribution in [0.15, 0.2) is 24.4 Å². The van der Waals surface area contributed by atoms with E-state index in [0.29, 0.717) is 0 Å². The zero-order chi connectivity index (χ0) is 10.3. The second-order valence-corrected chi connectivity index (χ2v) is 3.88. The zero-order valence-electron chi connectivity index (χ0n) is 9.20. The number of para-hydroxylation sites is 1. The second-order valence-electron chi connectivity index (χ2n) is 3.88. The minimum Gasteiger partial charge on any atom is -0.190 e. The summed E-state index contributed by atoms with van der Waals surface area (Å²) >= 11 is 0. The Morgan fingerprint density at radius 1 is 1.07 bits per heavy atom. The SMILES string of the molecule is Cc1cccc2c1[n+](C)cc(C)[n+]2C. The monoisotopic (exact) mass is 188 g/mol. The number of fused-ring (bicyclic) bond motifs is 1. The topological polar surface area (TPSA) is 7.76 Å². The van der Waals surface area contributed by atoms with Gasteiger partial charge in [0.15, 0.2) is 0 Å². The van der Waals surface area contributed by atoms with Gasteiger partial charge < -0.3 is 0 Å². The third kappa shape index (κ3) is 1.18. The largest absolute Gasteiger partial charge is 0.280 e. The van der Waals surface area contributed by atoms with Gasteiger partial charge in [-0.15, -0.1) is 0 Å². The number of nitrogens with zero attached hydrogens (tertiary/aromatic N) is 2. The van der Waals surface area contributed by atoms with Crippen LogP contribution in [-0.4, -0.2) is 0 Å². The number of benzene rings is 1. The number of rotatable bonds is 0. The van der Waals surface area contributed by atoms with Crippen molar-refractivity contribution in [3.05, 3.63) is 35.7 Å². The molecule has 0 saturated heterocycles. The van der Waals surface area contributed by atoms with Crippen LogP contribution in [0, 0.1) is 13.8 Å². The molecular formula is C12H16N2+2. The Bertz CT molecular complexity index is 501. The van der Waals surface area contributed by atoms with E-state index in [1.165, 1.54) is 22.3 Å². The average Bonchev–Trinajstić information content (AvgIpc) is 2.14. The molecule has 0 unspecified atom stereocenters. The smallest absolute Gasteiger partial charge is 0.190 e. The maximum atomic E-state index is 2.22. The summed E-state index contributed by atoms with van der Waals surface area (Å²) in [6.07, 6.45) is 2.16. The lowest BCUT2D eigenvalue weighted by atomic mass is 10.2. The van der Waals surface area contributed by atoms with Gasteiger partial charge in [-0.1, -0.05) is 12.1 Å². The first kappa shape index (κ1) is 9.13. The van der Waals surface area contributed by atoms with E-state index in [1.54, 1.807) is 0 Å². The van der Waals surface area contributed by atoms with Gasteiger partial charge in [0, 0.05) is 18.6 Å². The lowest BCUT2D eigenvalue weighted by molar-refractivity contribution is -0.697. The molecule has 0 aliphatic heterocycles. The van der Waals surface area contributed by atoms with E-state index in [4.69, 9.17) is 0 Å². The molecule has 0 aliphatic rings. The molecule has 1 aromatic carbocycles. The lowest BCUT2D eigenvalue weighted by Gasteiger charge is -2.00. The van der Waals surface area contributed by atoms with Crippen LogP contribution in [0.1, 0.15) is 11.3 Å². The Kier molecular flexibility index (Phi) is 1.99. The third-order valence-corrected chi connectivity index (χ3v) is 2.84. The first-order valence-corrected chi connectivity index (χ1v) is 4.86. The van der Waals surface area contributed by atoms with Crippen LogP contribution in [0.2, 0.25) is 0 Å². The van der Waals surface area contributed by atoms with Crippen molar-refractivity contribution >= 4 is 11.0 Å². The molecule has 0 atom stereocenters. The molecule has 0 radical (unpaired) electrons. The van der Waals surface area contributed by atoms with E-state index in [0.717, 1.165) is 0 Å². The highest BCUT2D eigenvalue weighted by atomic mass is 15.0. The van der Waals surface area contributed by atoms with Gasteiger partial charge in [-0.25, -0.2) is 0 Å². The normalized spacial score (nSPS) is 10.9. The van der Waals surface area contributed by atoms with Crippen molar-refractivity contribution in [2.45, 2.75) is 13.8 Å². The van der Waals surface area contributed by atoms with Crippen LogP contribution < -0.4 is 9.13 Å². The molecule has 14 heavy (non-hydrogen) atoms. The summed E-state index contributed by atoms with van der Waals surface area (Å²) in [6, 6.07) is 6.42. The van der Waals surface area contributed by atoms with E-state index in [2.05, 4.69) is 61.5 Å². The first-order chi connectivity index (χ1) is 6.61. The van der Waals surface area contributed by atoms with E-state index >= 15 is 0 Å². The summed E-state index contributed by atoms with van der Waals surface area (Å²) in [7, 11) is 4.21. The van der Waals surface area contributed by atoms with Gasteiger partial charge in [0.2, 0.25) is 11.9 Å². The van der Waals surface area contributed by atoms with Crippen molar-refractivity contribution < 1.29 is 9.13 Å². The molecule has 0 N–H and O–H groups in total. The molecule has 0 amide bonds. The van der Waals surface area contributed by atoms with Crippen LogP contribution in [0.4, 0.5) is 0 Å². The van der Waals surface area contributed by atoms with E-state index in [-0.39, 0.29) is 0 Å². The van der Waals surface area contributed by atoms with Crippen molar-refractivity contribution in [3.8, 4) is 0 Å². The van der Waals surface area contributed by atoms with Gasteiger partial charge in [-0.3, -0.25) is 0 Å². The van der Waals surface area contributed by atoms with E-state index < -0.39 is 0 Å². The lowest BCUT2D eigenvalue weighted by Crippen LogP contribution is -2.42. The van der Waals surface area contributed by atoms with E-state index in [9.17, 15) is 0 Å². The van der Waals surface area contributed by atoms with Crippen molar-refractivity contribution in [1.82, 2.24) is 0 Å². The van der Waals surface area contributed by atoms with Gasteiger partial charge in [-0.05, 0) is 6.92 Å². The van der Waals surface area contributed by atoms with Crippen LogP contribution in [0.5, 0.6) is 0 Å². The van der Waals surface area contributed by atoms with Gasteiger partial charge in [0.25, 0.3) is 11.0 Å². The van der Waals surface area contributed by atoms with Crippen LogP contribution in [0.25, 0.3) is 11.0 Å². The molecule has 2 nitrogen and oxygen atoms in total. The number of hydrogen-bond donors (Lipinski definition) is 0. The molecule has 1 heterocycles. The fourth-order valence-corrected chi connectivity index (χ4v) is 1.99. The summed E-state index contributed by atoms with van der Waals surface area (Å²) in [5.41, 5.74) is 5.18. The van der Waals surface area contributed by atoms with E-state index in [1.807, 2.05) is 0 Å². The Morgan fingerprint density at radius 2 is 1.79 bits per heavy atom. The third-order valence-electron chi connectivity index (χ3n) is 2.84. The zero-order valence-corrected chi connectivity index (χ0v) is 9.20. The molecule has 0 spiro atoms. The molecule has 0 fully saturated rings. The van der Waals surface area contributed by atoms with Crippen LogP contribution >= 0.6 is 0 Å². The Morgan fingerprint density at radius 3 is 2.50 bits per heavy atom. The number of aromatic nitrogens is 2. The summed E-state index contributed by atoms with van der Waals surface area (Å²) in [5, 5.41) is 0. The van der Waals surface area contributed by atoms with Gasteiger partial charge >= 0.3 is 0 Å². The standard InChI is InChI=1S/C12H16N2/c1-9-6-5-7-11-12(9)13(3)8-10(2)14(11)4/h5-8H,1-4H3/q+2. The molecule has 2 rings (SSSR count). The van der Waals surface area contributed by atoms with Gasteiger partial charge in [0.05, 0.1) is 0 Å². The summed E-state index contributed by atoms with van der Waals surface area (Å²) in [6.45, 7) is 4.28. The number of aryl methyl sites for hydroxylation is 4. The summed E-state index contributed by atoms with van der Waals surface area (Å²) < 4.78 is 4.42. The molecule has 1 aromatic heterocycles. The second kappa shape index (κ2) is 3.05. The fourth-order valence-electron chi connectivity index (χ4n) is 1.99. The predicted molar refractivity (Wildman–Crippen MR) is 55.8 cm³/mol. The molecule has 72 valence electrons. The minimum atomic E-state index is 1.27. The Balaban J connectivity index is 3.02. The summed E-state index contributed by atoms with van der Waals surface area (Å²) in [4.78, 5) is 0. The molecule has 2 aromatic rings. The van der Waals surface area contributed by atoms with Crippen molar-refractivity contribution in [2.24, 2.45) is 14.1 Å². The molecule has 2 heteroatoms. The van der Waals surface area contributed by atoms with Gasteiger partial charge in [-0.2, -0.15) is 9.13 Å². The van der Waals surface area contributed by atoms with Gasteiger partial charge in [0.1, 0.15) is 14.1 Å². The fraction of sp³-hybridized carbons (Fsp3) is 0.333. The highest BCUT2D eigenvalue weighted by Crippen LogP contribution is 2.10. The summed E-state index contributed by atoms with van der Waals surface area (Å²) in [5.74, 6) is 0. The van der Waals surface area contributed by atoms with Crippen molar-refractivity contribution in [1.29, 1.82) is 0 Å². The Hall–Kier alpha value is -1.44. The quantitative estimate of drug-likeness (QED) is 0.547. The minimum absolute atomic E-state index is 1.27. The Labute approximate surface area is 84.4 Å². The first-order valence-electron chi connectivity index (χ1n) is 4.86. The van der Waals surface area contributed by atoms with Crippen molar-refractivity contribution in [2.75, 3.05) is 0 Å². The van der Waals surface area contributed by atoms with Crippen LogP contribution in [0.3, 0.4) is 0 Å². The molecule has 0 saturated carbocycles. The number of hydrogen-bond acceptors (Lipinski definition) is 0. The van der Waals surface area contributed by atoms with Crippen LogP contribution in [-0.2, 0) is 14.1 Å². The van der Waals surface area contributed by atoms with Crippen molar-refractivity contribution in [3.63, 3.8) is 0 Å². The predicted octanol–water partition coefficient (Wildman–Crippen LogP) is 1.11. The molecular weight excluding hydrogens is 172 g/mol.